The molecule has 8 nitrogen and oxygen atoms in total. The first-order valence-corrected chi connectivity index (χ1v) is 14.0. The molecule has 0 atom stereocenters. The summed E-state index contributed by atoms with van der Waals surface area (Å²) in [6.45, 7) is 4.84. The van der Waals surface area contributed by atoms with Crippen LogP contribution in [0.25, 0.3) is 10.2 Å². The van der Waals surface area contributed by atoms with E-state index in [0.29, 0.717) is 22.9 Å². The van der Waals surface area contributed by atoms with Gasteiger partial charge in [-0.15, -0.1) is 11.8 Å². The number of carbonyl (C=O) groups excluding carboxylic acids is 3. The van der Waals surface area contributed by atoms with Crippen molar-refractivity contribution in [2.75, 3.05) is 49.2 Å². The average Bonchev–Trinajstić information content (AvgIpc) is 3.20. The van der Waals surface area contributed by atoms with Gasteiger partial charge in [0.1, 0.15) is 6.54 Å². The molecule has 0 saturated carbocycles. The maximum absolute atomic E-state index is 12.6. The number of hydrogen-bond donors (Lipinski definition) is 0. The van der Waals surface area contributed by atoms with Crippen molar-refractivity contribution in [3.8, 4) is 0 Å². The molecule has 2 aromatic carbocycles. The van der Waals surface area contributed by atoms with E-state index in [-0.39, 0.29) is 36.5 Å². The third kappa shape index (κ3) is 6.68. The molecule has 190 valence electrons. The number of esters is 1. The molecule has 1 aliphatic heterocycles. The Kier molecular flexibility index (Phi) is 9.06. The molecular formula is C25H27ClN4O4S2. The minimum Gasteiger partial charge on any atom is -0.465 e. The minimum atomic E-state index is -0.409. The molecule has 1 saturated heterocycles. The normalized spacial score (nSPS) is 14.3. The zero-order valence-corrected chi connectivity index (χ0v) is 22.3. The summed E-state index contributed by atoms with van der Waals surface area (Å²) in [6, 6.07) is 15.5. The van der Waals surface area contributed by atoms with Crippen molar-refractivity contribution in [2.45, 2.75) is 13.5 Å². The topological polar surface area (TPSA) is 84.2 Å². The van der Waals surface area contributed by atoms with Crippen LogP contribution in [0.1, 0.15) is 6.92 Å². The van der Waals surface area contributed by atoms with Gasteiger partial charge < -0.3 is 19.1 Å². The second-order valence-corrected chi connectivity index (χ2v) is 10.5. The Labute approximate surface area is 222 Å². The highest BCUT2D eigenvalue weighted by molar-refractivity contribution is 8.00. The van der Waals surface area contributed by atoms with Crippen molar-refractivity contribution in [3.05, 3.63) is 58.4 Å². The first kappa shape index (κ1) is 26.2. The van der Waals surface area contributed by atoms with Crippen LogP contribution in [0.4, 0.5) is 5.69 Å². The van der Waals surface area contributed by atoms with Gasteiger partial charge in [0, 0.05) is 36.9 Å². The number of para-hydroxylation sites is 1. The highest BCUT2D eigenvalue weighted by atomic mass is 35.5. The number of halogens is 1. The fourth-order valence-electron chi connectivity index (χ4n) is 3.93. The Hall–Kier alpha value is -2.82. The largest absolute Gasteiger partial charge is 0.465 e. The van der Waals surface area contributed by atoms with Crippen LogP contribution in [0.15, 0.2) is 53.5 Å². The lowest BCUT2D eigenvalue weighted by atomic mass is 10.2. The minimum absolute atomic E-state index is 0.0226. The molecule has 2 heterocycles. The SMILES string of the molecule is CCOC(=O)Cn1c(=NC(=O)CSCC(=O)N2CCN(c3ccccc3)CC2)sc2cc(Cl)ccc21. The summed E-state index contributed by atoms with van der Waals surface area (Å²) >= 11 is 8.64. The van der Waals surface area contributed by atoms with Crippen LogP contribution in [0.2, 0.25) is 5.02 Å². The Bertz CT molecular complexity index is 1300. The quantitative estimate of drug-likeness (QED) is 0.403. The zero-order valence-electron chi connectivity index (χ0n) is 19.9. The van der Waals surface area contributed by atoms with Crippen LogP contribution in [0.5, 0.6) is 0 Å². The van der Waals surface area contributed by atoms with E-state index in [4.69, 9.17) is 16.3 Å². The van der Waals surface area contributed by atoms with Gasteiger partial charge in [0.15, 0.2) is 4.80 Å². The summed E-state index contributed by atoms with van der Waals surface area (Å²) in [5.74, 6) is -0.457. The molecule has 0 bridgehead atoms. The van der Waals surface area contributed by atoms with Gasteiger partial charge in [-0.2, -0.15) is 4.99 Å². The average molecular weight is 547 g/mol. The number of ether oxygens (including phenoxy) is 1. The number of amides is 2. The molecule has 4 rings (SSSR count). The van der Waals surface area contributed by atoms with Gasteiger partial charge in [-0.25, -0.2) is 0 Å². The van der Waals surface area contributed by atoms with Crippen molar-refractivity contribution >= 4 is 68.4 Å². The lowest BCUT2D eigenvalue weighted by Crippen LogP contribution is -2.49. The van der Waals surface area contributed by atoms with Gasteiger partial charge >= 0.3 is 5.97 Å². The first-order chi connectivity index (χ1) is 17.4. The maximum Gasteiger partial charge on any atom is 0.326 e. The first-order valence-electron chi connectivity index (χ1n) is 11.6. The van der Waals surface area contributed by atoms with Crippen LogP contribution in [0.3, 0.4) is 0 Å². The molecule has 0 unspecified atom stereocenters. The van der Waals surface area contributed by atoms with E-state index in [2.05, 4.69) is 22.0 Å². The van der Waals surface area contributed by atoms with Crippen molar-refractivity contribution in [2.24, 2.45) is 4.99 Å². The smallest absolute Gasteiger partial charge is 0.326 e. The summed E-state index contributed by atoms with van der Waals surface area (Å²) in [7, 11) is 0. The van der Waals surface area contributed by atoms with Crippen molar-refractivity contribution in [1.82, 2.24) is 9.47 Å². The van der Waals surface area contributed by atoms with Gasteiger partial charge in [0.05, 0.1) is 28.3 Å². The van der Waals surface area contributed by atoms with Crippen LogP contribution in [-0.2, 0) is 25.7 Å². The maximum atomic E-state index is 12.6. The molecular weight excluding hydrogens is 520 g/mol. The third-order valence-electron chi connectivity index (χ3n) is 5.66. The number of carbonyl (C=O) groups is 3. The molecule has 1 aliphatic rings. The summed E-state index contributed by atoms with van der Waals surface area (Å²) in [5, 5.41) is 0.559. The summed E-state index contributed by atoms with van der Waals surface area (Å²) in [5.41, 5.74) is 1.91. The van der Waals surface area contributed by atoms with Gasteiger partial charge in [-0.1, -0.05) is 41.1 Å². The molecule has 0 N–H and O–H groups in total. The lowest BCUT2D eigenvalue weighted by molar-refractivity contribution is -0.143. The molecule has 0 aliphatic carbocycles. The molecule has 1 fully saturated rings. The predicted molar refractivity (Wildman–Crippen MR) is 145 cm³/mol. The molecule has 3 aromatic rings. The summed E-state index contributed by atoms with van der Waals surface area (Å²) in [6.07, 6.45) is 0. The van der Waals surface area contributed by atoms with Crippen LogP contribution < -0.4 is 9.70 Å². The Balaban J connectivity index is 1.34. The summed E-state index contributed by atoms with van der Waals surface area (Å²) in [4.78, 5) is 46.1. The van der Waals surface area contributed by atoms with Crippen LogP contribution in [-0.4, -0.2) is 71.5 Å². The zero-order chi connectivity index (χ0) is 25.5. The second kappa shape index (κ2) is 12.4. The van der Waals surface area contributed by atoms with E-state index in [1.54, 1.807) is 29.7 Å². The van der Waals surface area contributed by atoms with E-state index in [9.17, 15) is 14.4 Å². The number of fused-ring (bicyclic) bond motifs is 1. The predicted octanol–water partition coefficient (Wildman–Crippen LogP) is 3.43. The Morgan fingerprint density at radius 2 is 1.81 bits per heavy atom. The van der Waals surface area contributed by atoms with E-state index >= 15 is 0 Å². The molecule has 36 heavy (non-hydrogen) atoms. The van der Waals surface area contributed by atoms with Gasteiger partial charge in [-0.05, 0) is 37.3 Å². The second-order valence-electron chi connectivity index (χ2n) is 8.09. The number of aromatic nitrogens is 1. The molecule has 2 amide bonds. The van der Waals surface area contributed by atoms with Gasteiger partial charge in [0.25, 0.3) is 5.91 Å². The van der Waals surface area contributed by atoms with E-state index in [1.165, 1.54) is 23.1 Å². The number of thioether (sulfide) groups is 1. The molecule has 11 heteroatoms. The third-order valence-corrected chi connectivity index (χ3v) is 7.84. The van der Waals surface area contributed by atoms with Crippen molar-refractivity contribution in [1.29, 1.82) is 0 Å². The standard InChI is InChI=1S/C25H27ClN4O4S2/c1-2-34-24(33)15-30-20-9-8-18(26)14-21(20)36-25(30)27-22(31)16-35-17-23(32)29-12-10-28(11-13-29)19-6-4-3-5-7-19/h3-9,14H,2,10-13,15-17H2,1H3. The van der Waals surface area contributed by atoms with Gasteiger partial charge in [-0.3, -0.25) is 14.4 Å². The molecule has 0 radical (unpaired) electrons. The number of nitrogens with zero attached hydrogens (tertiary/aromatic N) is 4. The fraction of sp³-hybridized carbons (Fsp3) is 0.360. The molecule has 0 spiro atoms. The lowest BCUT2D eigenvalue weighted by Gasteiger charge is -2.36. The summed E-state index contributed by atoms with van der Waals surface area (Å²) < 4.78 is 7.55. The monoisotopic (exact) mass is 546 g/mol. The van der Waals surface area contributed by atoms with Crippen molar-refractivity contribution < 1.29 is 19.1 Å². The number of benzene rings is 2. The highest BCUT2D eigenvalue weighted by Gasteiger charge is 2.21. The van der Waals surface area contributed by atoms with E-state index < -0.39 is 5.97 Å². The van der Waals surface area contributed by atoms with Crippen LogP contribution >= 0.6 is 34.7 Å². The fourth-order valence-corrected chi connectivity index (χ4v) is 5.95. The number of piperazine rings is 1. The van der Waals surface area contributed by atoms with Crippen LogP contribution in [0, 0.1) is 0 Å². The number of hydrogen-bond acceptors (Lipinski definition) is 7. The van der Waals surface area contributed by atoms with Gasteiger partial charge in [0.2, 0.25) is 5.91 Å². The van der Waals surface area contributed by atoms with E-state index in [1.807, 2.05) is 23.1 Å². The van der Waals surface area contributed by atoms with Crippen molar-refractivity contribution in [3.63, 3.8) is 0 Å². The molecule has 1 aromatic heterocycles. The number of anilines is 1. The highest BCUT2D eigenvalue weighted by Crippen LogP contribution is 2.22. The number of thiazole rings is 1. The van der Waals surface area contributed by atoms with E-state index in [0.717, 1.165) is 29.0 Å². The number of rotatable bonds is 8. The Morgan fingerprint density at radius 1 is 1.06 bits per heavy atom. The Morgan fingerprint density at radius 3 is 2.53 bits per heavy atom.